The van der Waals surface area contributed by atoms with Gasteiger partial charge in [-0.15, -0.1) is 0 Å². The summed E-state index contributed by atoms with van der Waals surface area (Å²) in [5.41, 5.74) is 7.73. The zero-order valence-electron chi connectivity index (χ0n) is 39.4. The van der Waals surface area contributed by atoms with Crippen LogP contribution < -0.4 is 16.4 Å². The molecule has 0 spiro atoms. The highest BCUT2D eigenvalue weighted by atomic mass is 79.9. The molecule has 70 heavy (non-hydrogen) atoms. The average Bonchev–Trinajstić information content (AvgIpc) is 3.69. The molecule has 4 atom stereocenters. The lowest BCUT2D eigenvalue weighted by molar-refractivity contribution is -0.139. The van der Waals surface area contributed by atoms with Crippen LogP contribution in [-0.2, 0) is 60.7 Å². The van der Waals surface area contributed by atoms with Gasteiger partial charge in [0.1, 0.15) is 59.6 Å². The van der Waals surface area contributed by atoms with Gasteiger partial charge in [0.15, 0.2) is 11.6 Å². The van der Waals surface area contributed by atoms with Gasteiger partial charge in [0.25, 0.3) is 0 Å². The molecule has 1 aliphatic carbocycles. The zero-order chi connectivity index (χ0) is 50.4. The van der Waals surface area contributed by atoms with E-state index < -0.39 is 18.1 Å². The Kier molecular flexibility index (Phi) is 19.2. The van der Waals surface area contributed by atoms with Gasteiger partial charge in [-0.25, -0.2) is 15.0 Å². The summed E-state index contributed by atoms with van der Waals surface area (Å²) < 4.78 is 23.6. The van der Waals surface area contributed by atoms with Crippen molar-refractivity contribution < 1.29 is 57.6 Å². The summed E-state index contributed by atoms with van der Waals surface area (Å²) in [6.07, 6.45) is 7.46. The fourth-order valence-corrected chi connectivity index (χ4v) is 8.30. The Morgan fingerprint density at radius 2 is 1.61 bits per heavy atom. The van der Waals surface area contributed by atoms with E-state index in [9.17, 15) is 33.6 Å². The molecule has 5 N–H and O–H groups in total. The van der Waals surface area contributed by atoms with E-state index in [-0.39, 0.29) is 144 Å². The lowest BCUT2D eigenvalue weighted by Gasteiger charge is -2.27. The summed E-state index contributed by atoms with van der Waals surface area (Å²) in [6.45, 7) is 6.55. The number of carbonyl (C=O) groups excluding carboxylic acids is 6. The molecule has 0 aromatic carbocycles. The van der Waals surface area contributed by atoms with Gasteiger partial charge in [-0.1, -0.05) is 13.0 Å². The van der Waals surface area contributed by atoms with Crippen LogP contribution in [0.4, 0.5) is 5.82 Å². The maximum Gasteiger partial charge on any atom is 0.320 e. The second-order valence-electron chi connectivity index (χ2n) is 17.6. The van der Waals surface area contributed by atoms with Crippen LogP contribution in [0.2, 0.25) is 0 Å². The van der Waals surface area contributed by atoms with Gasteiger partial charge >= 0.3 is 5.97 Å². The Labute approximate surface area is 412 Å². The van der Waals surface area contributed by atoms with Crippen LogP contribution in [0, 0.1) is 12.3 Å². The number of anilines is 1. The number of amides is 3. The molecule has 0 bridgehead atoms. The predicted octanol–water partition coefficient (Wildman–Crippen LogP) is 2.80. The van der Waals surface area contributed by atoms with Gasteiger partial charge in [-0.3, -0.25) is 43.2 Å². The van der Waals surface area contributed by atoms with E-state index in [1.54, 1.807) is 35.6 Å². The Balaban J connectivity index is 0.855. The fraction of sp³-hybridized carbons (Fsp3) is 0.532. The highest BCUT2D eigenvalue weighted by Crippen LogP contribution is 2.59. The molecular weight excluding hydrogens is 976 g/mol. The van der Waals surface area contributed by atoms with Gasteiger partial charge in [0.05, 0.1) is 50.4 Å². The van der Waals surface area contributed by atoms with Crippen molar-refractivity contribution in [2.75, 3.05) is 64.7 Å². The number of ether oxygens (including phenoxy) is 4. The first-order valence-corrected chi connectivity index (χ1v) is 23.9. The van der Waals surface area contributed by atoms with Crippen LogP contribution in [0.15, 0.2) is 41.4 Å². The van der Waals surface area contributed by atoms with Crippen LogP contribution in [-0.4, -0.2) is 158 Å². The number of nitrogens with zero attached hydrogens (tertiary/aromatic N) is 7. The molecule has 22 nitrogen and oxygen atoms in total. The first-order chi connectivity index (χ1) is 33.5. The topological polar surface area (TPSA) is 299 Å². The van der Waals surface area contributed by atoms with Crippen molar-refractivity contribution in [3.63, 3.8) is 0 Å². The molecular formula is C47H59BrN10O12. The Morgan fingerprint density at radius 3 is 2.34 bits per heavy atom. The molecule has 23 heteroatoms. The lowest BCUT2D eigenvalue weighted by atomic mass is 10.0. The van der Waals surface area contributed by atoms with Gasteiger partial charge in [-0.2, -0.15) is 5.10 Å². The average molecular weight is 1040 g/mol. The second-order valence-corrected chi connectivity index (χ2v) is 18.4. The first-order valence-electron chi connectivity index (χ1n) is 23.1. The minimum absolute atomic E-state index is 0.0717. The van der Waals surface area contributed by atoms with E-state index in [1.165, 1.54) is 11.6 Å². The number of carboxylic acid groups (broad SMARTS) is 1. The summed E-state index contributed by atoms with van der Waals surface area (Å²) in [7, 11) is 0. The monoisotopic (exact) mass is 1030 g/mol. The molecule has 0 unspecified atom stereocenters. The summed E-state index contributed by atoms with van der Waals surface area (Å²) >= 11 is 3.35. The number of pyridine rings is 2. The SMILES string of the molecule is CC(=O)c1nn(CC(=O)N2[C@H](C(=O)Nc3nc(Br)ccc3C)C[C@@]3(C)C[C@@H]23)c2cnc(-c3cnc(CCC(=O)COCCOCCNC(=O)COCCOCCCC(=O)CC[C@H](N)C(=O)O)nc3)cc12. The standard InChI is InChI=1S/C47H59BrN10O12/c1-28-6-10-39(48)54-44(28)55-45(64)36-20-47(3)21-38(47)58(36)42(63)25-57-37-24-51-35(19-33(37)43(56-57)29(2)59)30-22-52-40(53-23-30)11-8-32(61)26-69-17-16-68-14-12-50-41(62)27-70-18-15-67-13-4-5-31(60)7-9-34(49)46(65)66/h6,10,19,22-24,34,36,38H,4-5,7-9,11-18,20-21,25-27,49H2,1-3H3,(H,50,62)(H,65,66)(H,54,55,64)/t34-,36-,38+,47-/m0/s1. The number of likely N-dealkylation sites (tertiary alicyclic amines) is 1. The maximum atomic E-state index is 14.0. The molecule has 1 saturated heterocycles. The van der Waals surface area contributed by atoms with E-state index in [4.69, 9.17) is 29.8 Å². The number of nitrogens with two attached hydrogens (primary N) is 1. The zero-order valence-corrected chi connectivity index (χ0v) is 41.0. The molecule has 6 rings (SSSR count). The molecule has 1 aliphatic heterocycles. The Morgan fingerprint density at radius 1 is 0.900 bits per heavy atom. The number of hydrogen-bond donors (Lipinski definition) is 4. The third-order valence-corrected chi connectivity index (χ3v) is 12.5. The van der Waals surface area contributed by atoms with Crippen molar-refractivity contribution in [2.24, 2.45) is 11.1 Å². The Bertz CT molecular complexity index is 2540. The summed E-state index contributed by atoms with van der Waals surface area (Å²) in [5, 5.41) is 19.4. The minimum Gasteiger partial charge on any atom is -0.480 e. The van der Waals surface area contributed by atoms with Crippen LogP contribution in [0.5, 0.6) is 0 Å². The predicted molar refractivity (Wildman–Crippen MR) is 254 cm³/mol. The Hall–Kier alpha value is -5.98. The fourth-order valence-electron chi connectivity index (χ4n) is 7.99. The van der Waals surface area contributed by atoms with E-state index in [0.29, 0.717) is 57.9 Å². The van der Waals surface area contributed by atoms with Crippen molar-refractivity contribution in [2.45, 2.75) is 96.8 Å². The van der Waals surface area contributed by atoms with Crippen molar-refractivity contribution in [1.29, 1.82) is 0 Å². The van der Waals surface area contributed by atoms with Crippen molar-refractivity contribution >= 4 is 73.7 Å². The van der Waals surface area contributed by atoms with Crippen LogP contribution in [0.3, 0.4) is 0 Å². The van der Waals surface area contributed by atoms with Crippen LogP contribution in [0.25, 0.3) is 22.2 Å². The number of aromatic nitrogens is 6. The van der Waals surface area contributed by atoms with Gasteiger partial charge < -0.3 is 45.3 Å². The lowest BCUT2D eigenvalue weighted by Crippen LogP contribution is -2.47. The molecule has 1 saturated carbocycles. The number of aliphatic carboxylic acids is 1. The molecule has 4 aromatic rings. The molecule has 2 aliphatic rings. The number of carbonyl (C=O) groups is 7. The molecule has 2 fully saturated rings. The third-order valence-electron chi connectivity index (χ3n) is 12.0. The van der Waals surface area contributed by atoms with E-state index in [0.717, 1.165) is 12.0 Å². The van der Waals surface area contributed by atoms with Gasteiger partial charge in [0, 0.05) is 75.1 Å². The van der Waals surface area contributed by atoms with E-state index in [1.807, 2.05) is 13.0 Å². The molecule has 376 valence electrons. The summed E-state index contributed by atoms with van der Waals surface area (Å²) in [4.78, 5) is 107. The number of Topliss-reactive ketones (excluding diaryl/α,β-unsaturated/α-hetero) is 3. The van der Waals surface area contributed by atoms with Crippen molar-refractivity contribution in [3.05, 3.63) is 58.5 Å². The van der Waals surface area contributed by atoms with Crippen molar-refractivity contribution in [3.8, 4) is 11.3 Å². The highest BCUT2D eigenvalue weighted by molar-refractivity contribution is 9.10. The second kappa shape index (κ2) is 25.2. The molecule has 0 radical (unpaired) electrons. The number of hydrogen-bond acceptors (Lipinski definition) is 17. The normalized spacial score (nSPS) is 17.5. The van der Waals surface area contributed by atoms with Crippen molar-refractivity contribution in [1.82, 2.24) is 39.9 Å². The van der Waals surface area contributed by atoms with Gasteiger partial charge in [-0.05, 0) is 71.6 Å². The van der Waals surface area contributed by atoms with Gasteiger partial charge in [0.2, 0.25) is 17.7 Å². The van der Waals surface area contributed by atoms with E-state index >= 15 is 0 Å². The third kappa shape index (κ3) is 15.0. The maximum absolute atomic E-state index is 14.0. The number of ketones is 3. The number of piperidine rings is 1. The number of halogens is 1. The smallest absolute Gasteiger partial charge is 0.320 e. The number of rotatable bonds is 30. The van der Waals surface area contributed by atoms with Crippen LogP contribution in [0.1, 0.15) is 80.7 Å². The van der Waals surface area contributed by atoms with E-state index in [2.05, 4.69) is 58.5 Å². The first kappa shape index (κ1) is 53.4. The molecule has 5 heterocycles. The number of carboxylic acids is 1. The van der Waals surface area contributed by atoms with Crippen LogP contribution >= 0.6 is 15.9 Å². The summed E-state index contributed by atoms with van der Waals surface area (Å²) in [5.74, 6) is -1.69. The minimum atomic E-state index is -1.13. The number of fused-ring (bicyclic) bond motifs is 2. The number of nitrogens with one attached hydrogen (secondary N) is 2. The summed E-state index contributed by atoms with van der Waals surface area (Å²) in [6, 6.07) is 3.52. The number of aryl methyl sites for hydroxylation is 2. The highest BCUT2D eigenvalue weighted by Gasteiger charge is 2.64. The quantitative estimate of drug-likeness (QED) is 0.0332. The largest absolute Gasteiger partial charge is 0.480 e. The molecule has 4 aromatic heterocycles. The molecule has 3 amide bonds.